The smallest absolute Gasteiger partial charge is 0.101 e. The minimum atomic E-state index is -0.324. The van der Waals surface area contributed by atoms with Crippen LogP contribution in [0.15, 0.2) is 17.5 Å². The summed E-state index contributed by atoms with van der Waals surface area (Å²) >= 11 is 1.63. The maximum atomic E-state index is 9.93. The summed E-state index contributed by atoms with van der Waals surface area (Å²) in [5.74, 6) is 0.999. The highest BCUT2D eigenvalue weighted by molar-refractivity contribution is 7.10. The van der Waals surface area contributed by atoms with Gasteiger partial charge >= 0.3 is 0 Å². The second-order valence-corrected chi connectivity index (χ2v) is 6.28. The van der Waals surface area contributed by atoms with Crippen molar-refractivity contribution in [1.82, 2.24) is 5.32 Å². The fraction of sp³-hybridized carbons (Fsp3) is 0.692. The van der Waals surface area contributed by atoms with Crippen molar-refractivity contribution >= 4 is 11.3 Å². The van der Waals surface area contributed by atoms with E-state index < -0.39 is 0 Å². The van der Waals surface area contributed by atoms with Crippen molar-refractivity contribution < 1.29 is 5.11 Å². The summed E-state index contributed by atoms with van der Waals surface area (Å²) < 4.78 is 0. The van der Waals surface area contributed by atoms with E-state index in [0.29, 0.717) is 12.0 Å². The lowest BCUT2D eigenvalue weighted by molar-refractivity contribution is 0.174. The van der Waals surface area contributed by atoms with Gasteiger partial charge in [-0.15, -0.1) is 11.3 Å². The zero-order valence-electron chi connectivity index (χ0n) is 9.48. The molecular formula is C13H19NOS. The van der Waals surface area contributed by atoms with Gasteiger partial charge in [-0.1, -0.05) is 6.07 Å². The van der Waals surface area contributed by atoms with Gasteiger partial charge in [-0.05, 0) is 48.5 Å². The van der Waals surface area contributed by atoms with E-state index in [1.807, 2.05) is 17.5 Å². The average molecular weight is 237 g/mol. The lowest BCUT2D eigenvalue weighted by atomic mass is 10.0. The summed E-state index contributed by atoms with van der Waals surface area (Å²) in [6.07, 6.45) is 5.36. The number of aliphatic hydroxyl groups is 1. The van der Waals surface area contributed by atoms with Crippen LogP contribution in [0.3, 0.4) is 0 Å². The summed E-state index contributed by atoms with van der Waals surface area (Å²) in [4.78, 5) is 1.07. The Morgan fingerprint density at radius 1 is 1.50 bits per heavy atom. The molecule has 2 aliphatic rings. The second kappa shape index (κ2) is 4.13. The molecule has 1 aromatic heterocycles. The molecule has 0 bridgehead atoms. The molecule has 1 atom stereocenters. The van der Waals surface area contributed by atoms with Crippen LogP contribution in [0.2, 0.25) is 0 Å². The maximum Gasteiger partial charge on any atom is 0.101 e. The summed E-state index contributed by atoms with van der Waals surface area (Å²) in [5, 5.41) is 15.4. The summed E-state index contributed by atoms with van der Waals surface area (Å²) in [5.41, 5.74) is 0.634. The third kappa shape index (κ3) is 2.17. The van der Waals surface area contributed by atoms with Crippen LogP contribution in [0.25, 0.3) is 0 Å². The van der Waals surface area contributed by atoms with E-state index in [1.54, 1.807) is 11.3 Å². The van der Waals surface area contributed by atoms with Gasteiger partial charge < -0.3 is 10.4 Å². The summed E-state index contributed by atoms with van der Waals surface area (Å²) in [6, 6.07) is 4.00. The van der Waals surface area contributed by atoms with Gasteiger partial charge in [-0.25, -0.2) is 0 Å². The molecule has 88 valence electrons. The minimum Gasteiger partial charge on any atom is -0.386 e. The van der Waals surface area contributed by atoms with E-state index in [9.17, 15) is 5.11 Å². The molecule has 2 nitrogen and oxygen atoms in total. The first-order valence-electron chi connectivity index (χ1n) is 6.22. The van der Waals surface area contributed by atoms with E-state index >= 15 is 0 Å². The minimum absolute atomic E-state index is 0.324. The van der Waals surface area contributed by atoms with E-state index in [2.05, 4.69) is 5.32 Å². The van der Waals surface area contributed by atoms with E-state index in [-0.39, 0.29) is 6.10 Å². The van der Waals surface area contributed by atoms with Crippen molar-refractivity contribution in [1.29, 1.82) is 0 Å². The van der Waals surface area contributed by atoms with Crippen LogP contribution < -0.4 is 5.32 Å². The molecule has 0 amide bonds. The molecule has 3 heteroatoms. The van der Waals surface area contributed by atoms with E-state index in [4.69, 9.17) is 0 Å². The SMILES string of the molecule is OC(CNCC1(C2CC2)CC1)c1cccs1. The zero-order chi connectivity index (χ0) is 11.0. The van der Waals surface area contributed by atoms with Gasteiger partial charge in [0.05, 0.1) is 0 Å². The van der Waals surface area contributed by atoms with Crippen LogP contribution in [0.1, 0.15) is 36.7 Å². The van der Waals surface area contributed by atoms with E-state index in [1.165, 1.54) is 25.7 Å². The number of nitrogens with one attached hydrogen (secondary N) is 1. The van der Waals surface area contributed by atoms with Crippen molar-refractivity contribution in [2.24, 2.45) is 11.3 Å². The molecular weight excluding hydrogens is 218 g/mol. The van der Waals surface area contributed by atoms with Crippen LogP contribution in [0, 0.1) is 11.3 Å². The fourth-order valence-corrected chi connectivity index (χ4v) is 3.34. The second-order valence-electron chi connectivity index (χ2n) is 5.30. The lowest BCUT2D eigenvalue weighted by Crippen LogP contribution is -2.29. The first kappa shape index (κ1) is 10.8. The maximum absolute atomic E-state index is 9.93. The standard InChI is InChI=1S/C13H19NOS/c15-11(12-2-1-7-16-12)8-14-9-13(5-6-13)10-3-4-10/h1-2,7,10-11,14-15H,3-6,8-9H2. The molecule has 16 heavy (non-hydrogen) atoms. The monoisotopic (exact) mass is 237 g/mol. The Hall–Kier alpha value is -0.380. The molecule has 0 aromatic carbocycles. The first-order valence-corrected chi connectivity index (χ1v) is 7.10. The Labute approximate surface area is 101 Å². The molecule has 1 unspecified atom stereocenters. The number of hydrogen-bond acceptors (Lipinski definition) is 3. The molecule has 0 spiro atoms. The van der Waals surface area contributed by atoms with Crippen LogP contribution in [-0.4, -0.2) is 18.2 Å². The number of aliphatic hydroxyl groups excluding tert-OH is 1. The molecule has 2 N–H and O–H groups in total. The molecule has 2 fully saturated rings. The predicted octanol–water partition coefficient (Wildman–Crippen LogP) is 2.56. The third-order valence-corrected chi connectivity index (χ3v) is 5.00. The van der Waals surface area contributed by atoms with Crippen molar-refractivity contribution in [3.63, 3.8) is 0 Å². The molecule has 0 radical (unpaired) electrons. The Kier molecular flexibility index (Phi) is 2.78. The van der Waals surface area contributed by atoms with Crippen LogP contribution >= 0.6 is 11.3 Å². The first-order chi connectivity index (χ1) is 7.80. The Balaban J connectivity index is 1.43. The predicted molar refractivity (Wildman–Crippen MR) is 66.5 cm³/mol. The molecule has 1 aromatic rings. The van der Waals surface area contributed by atoms with Crippen molar-refractivity contribution in [2.45, 2.75) is 31.8 Å². The fourth-order valence-electron chi connectivity index (χ4n) is 2.62. The number of rotatable bonds is 6. The van der Waals surface area contributed by atoms with Gasteiger partial charge in [-0.3, -0.25) is 0 Å². The van der Waals surface area contributed by atoms with Crippen molar-refractivity contribution in [3.05, 3.63) is 22.4 Å². The van der Waals surface area contributed by atoms with Crippen LogP contribution in [0.4, 0.5) is 0 Å². The molecule has 2 aliphatic carbocycles. The molecule has 2 saturated carbocycles. The Morgan fingerprint density at radius 3 is 2.88 bits per heavy atom. The zero-order valence-corrected chi connectivity index (χ0v) is 10.3. The highest BCUT2D eigenvalue weighted by Crippen LogP contribution is 2.60. The van der Waals surface area contributed by atoms with E-state index in [0.717, 1.165) is 17.3 Å². The molecule has 0 aliphatic heterocycles. The van der Waals surface area contributed by atoms with Gasteiger partial charge in [-0.2, -0.15) is 0 Å². The largest absolute Gasteiger partial charge is 0.386 e. The van der Waals surface area contributed by atoms with Gasteiger partial charge in [0.25, 0.3) is 0 Å². The highest BCUT2D eigenvalue weighted by atomic mass is 32.1. The van der Waals surface area contributed by atoms with Crippen molar-refractivity contribution in [2.75, 3.05) is 13.1 Å². The number of thiophene rings is 1. The van der Waals surface area contributed by atoms with Gasteiger partial charge in [0.1, 0.15) is 6.10 Å². The van der Waals surface area contributed by atoms with Gasteiger partial charge in [0, 0.05) is 18.0 Å². The van der Waals surface area contributed by atoms with Crippen LogP contribution in [0.5, 0.6) is 0 Å². The van der Waals surface area contributed by atoms with Gasteiger partial charge in [0.15, 0.2) is 0 Å². The quantitative estimate of drug-likeness (QED) is 0.797. The van der Waals surface area contributed by atoms with Crippen LogP contribution in [-0.2, 0) is 0 Å². The third-order valence-electron chi connectivity index (χ3n) is 4.02. The van der Waals surface area contributed by atoms with Crippen molar-refractivity contribution in [3.8, 4) is 0 Å². The van der Waals surface area contributed by atoms with Gasteiger partial charge in [0.2, 0.25) is 0 Å². The molecule has 3 rings (SSSR count). The molecule has 0 saturated heterocycles. The highest BCUT2D eigenvalue weighted by Gasteiger charge is 2.53. The Morgan fingerprint density at radius 2 is 2.31 bits per heavy atom. The molecule has 1 heterocycles. The lowest BCUT2D eigenvalue weighted by Gasteiger charge is -2.16. The normalized spacial score (nSPS) is 24.3. The summed E-state index contributed by atoms with van der Waals surface area (Å²) in [6.45, 7) is 1.81. The average Bonchev–Trinajstić information content (AvgIpc) is 3.18. The Bertz CT molecular complexity index is 341. The topological polar surface area (TPSA) is 32.3 Å². The summed E-state index contributed by atoms with van der Waals surface area (Å²) in [7, 11) is 0. The number of hydrogen-bond donors (Lipinski definition) is 2.